The maximum Gasteiger partial charge on any atom is 0.347 e. The van der Waals surface area contributed by atoms with Crippen molar-refractivity contribution in [1.29, 1.82) is 0 Å². The molecule has 0 atom stereocenters. The molecule has 2 amide bonds. The summed E-state index contributed by atoms with van der Waals surface area (Å²) in [7, 11) is 0. The number of benzene rings is 3. The van der Waals surface area contributed by atoms with Gasteiger partial charge >= 0.3 is 5.63 Å². The minimum absolute atomic E-state index is 0.203. The van der Waals surface area contributed by atoms with Gasteiger partial charge in [-0.2, -0.15) is 5.01 Å². The molecule has 2 heterocycles. The standard InChI is InChI=1S/C28H21N3O5/c1-17-13-14-24-21(15-17)25(33)22(28(35)36-24)16-23-27(34)30(18(2)32)31(20-11-7-4-8-12-20)26(29-23)19-9-5-3-6-10-19/h3-16,33H,1-2H3/b23-16+. The van der Waals surface area contributed by atoms with Crippen LogP contribution in [-0.2, 0) is 9.59 Å². The molecule has 0 fully saturated rings. The molecule has 0 aliphatic carbocycles. The summed E-state index contributed by atoms with van der Waals surface area (Å²) in [5.41, 5.74) is 0.983. The second kappa shape index (κ2) is 8.99. The van der Waals surface area contributed by atoms with E-state index < -0.39 is 17.4 Å². The number of amidine groups is 1. The molecule has 4 aromatic rings. The fraction of sp³-hybridized carbons (Fsp3) is 0.0714. The molecule has 0 saturated heterocycles. The highest BCUT2D eigenvalue weighted by molar-refractivity contribution is 6.21. The van der Waals surface area contributed by atoms with Crippen LogP contribution in [0.1, 0.15) is 23.6 Å². The van der Waals surface area contributed by atoms with E-state index in [4.69, 9.17) is 4.42 Å². The highest BCUT2D eigenvalue weighted by Crippen LogP contribution is 2.31. The molecule has 178 valence electrons. The lowest BCUT2D eigenvalue weighted by molar-refractivity contribution is -0.141. The molecule has 1 aliphatic heterocycles. The number of hydrogen-bond donors (Lipinski definition) is 1. The molecule has 0 unspecified atom stereocenters. The van der Waals surface area contributed by atoms with Crippen LogP contribution < -0.4 is 10.6 Å². The SMILES string of the molecule is CC(=O)N1C(=O)/C(=C\c2c(O)c3cc(C)ccc3oc2=O)N=C(c2ccccc2)N1c1ccccc1. The monoisotopic (exact) mass is 479 g/mol. The van der Waals surface area contributed by atoms with E-state index in [1.54, 1.807) is 54.6 Å². The van der Waals surface area contributed by atoms with Crippen LogP contribution in [0, 0.1) is 6.92 Å². The third-order valence-corrected chi connectivity index (χ3v) is 5.72. The second-order valence-electron chi connectivity index (χ2n) is 8.27. The Bertz CT molecular complexity index is 1620. The molecule has 0 spiro atoms. The van der Waals surface area contributed by atoms with Gasteiger partial charge in [0.1, 0.15) is 22.6 Å². The summed E-state index contributed by atoms with van der Waals surface area (Å²) >= 11 is 0. The van der Waals surface area contributed by atoms with Crippen molar-refractivity contribution in [3.05, 3.63) is 112 Å². The molecule has 3 aromatic carbocycles. The number of para-hydroxylation sites is 1. The largest absolute Gasteiger partial charge is 0.506 e. The van der Waals surface area contributed by atoms with Crippen molar-refractivity contribution in [3.63, 3.8) is 0 Å². The van der Waals surface area contributed by atoms with Gasteiger partial charge in [0.05, 0.1) is 11.1 Å². The zero-order chi connectivity index (χ0) is 25.4. The Morgan fingerprint density at radius 3 is 2.31 bits per heavy atom. The molecule has 5 rings (SSSR count). The predicted octanol–water partition coefficient (Wildman–Crippen LogP) is 4.41. The Hall–Kier alpha value is -4.98. The maximum atomic E-state index is 13.5. The lowest BCUT2D eigenvalue weighted by Crippen LogP contribution is -2.55. The molecular weight excluding hydrogens is 458 g/mol. The van der Waals surface area contributed by atoms with Gasteiger partial charge < -0.3 is 9.52 Å². The van der Waals surface area contributed by atoms with E-state index in [9.17, 15) is 19.5 Å². The fourth-order valence-corrected chi connectivity index (χ4v) is 4.04. The maximum absolute atomic E-state index is 13.5. The zero-order valence-electron chi connectivity index (χ0n) is 19.5. The van der Waals surface area contributed by atoms with Crippen LogP contribution in [0.3, 0.4) is 0 Å². The minimum Gasteiger partial charge on any atom is -0.506 e. The lowest BCUT2D eigenvalue weighted by Gasteiger charge is -2.38. The van der Waals surface area contributed by atoms with Gasteiger partial charge in [0, 0.05) is 12.5 Å². The molecule has 8 nitrogen and oxygen atoms in total. The number of hydrazine groups is 1. The molecule has 0 saturated carbocycles. The summed E-state index contributed by atoms with van der Waals surface area (Å²) < 4.78 is 5.37. The number of anilines is 1. The minimum atomic E-state index is -0.833. The van der Waals surface area contributed by atoms with E-state index in [0.717, 1.165) is 16.6 Å². The second-order valence-corrected chi connectivity index (χ2v) is 8.27. The molecule has 1 N–H and O–H groups in total. The molecule has 36 heavy (non-hydrogen) atoms. The number of carbonyl (C=O) groups excluding carboxylic acids is 2. The van der Waals surface area contributed by atoms with Crippen molar-refractivity contribution in [3.8, 4) is 5.75 Å². The van der Waals surface area contributed by atoms with Crippen molar-refractivity contribution >= 4 is 40.4 Å². The number of rotatable bonds is 3. The number of hydrogen-bond acceptors (Lipinski definition) is 7. The number of nitrogens with zero attached hydrogens (tertiary/aromatic N) is 3. The highest BCUT2D eigenvalue weighted by Gasteiger charge is 2.37. The van der Waals surface area contributed by atoms with Gasteiger partial charge in [-0.15, -0.1) is 0 Å². The fourth-order valence-electron chi connectivity index (χ4n) is 4.04. The molecule has 0 radical (unpaired) electrons. The molecule has 1 aromatic heterocycles. The topological polar surface area (TPSA) is 103 Å². The number of imide groups is 1. The van der Waals surface area contributed by atoms with E-state index in [0.29, 0.717) is 22.5 Å². The third kappa shape index (κ3) is 3.94. The van der Waals surface area contributed by atoms with Crippen molar-refractivity contribution in [2.75, 3.05) is 5.01 Å². The molecular formula is C28H21N3O5. The van der Waals surface area contributed by atoms with Gasteiger partial charge in [0.15, 0.2) is 5.84 Å². The summed E-state index contributed by atoms with van der Waals surface area (Å²) in [6.45, 7) is 3.11. The van der Waals surface area contributed by atoms with Gasteiger partial charge in [-0.05, 0) is 37.3 Å². The Kier molecular flexibility index (Phi) is 5.69. The van der Waals surface area contributed by atoms with Crippen LogP contribution in [0.25, 0.3) is 17.0 Å². The van der Waals surface area contributed by atoms with Crippen LogP contribution in [0.4, 0.5) is 5.69 Å². The first-order valence-corrected chi connectivity index (χ1v) is 11.2. The average Bonchev–Trinajstić information content (AvgIpc) is 2.88. The zero-order valence-corrected chi connectivity index (χ0v) is 19.5. The Balaban J connectivity index is 1.77. The van der Waals surface area contributed by atoms with Crippen LogP contribution in [0.5, 0.6) is 5.75 Å². The van der Waals surface area contributed by atoms with Gasteiger partial charge in [0.25, 0.3) is 5.91 Å². The first-order chi connectivity index (χ1) is 17.3. The number of aryl methyl sites for hydroxylation is 1. The van der Waals surface area contributed by atoms with Crippen LogP contribution in [-0.4, -0.2) is 27.8 Å². The summed E-state index contributed by atoms with van der Waals surface area (Å²) in [5, 5.41) is 13.6. The molecule has 1 aliphatic rings. The van der Waals surface area contributed by atoms with Crippen molar-refractivity contribution < 1.29 is 19.1 Å². The van der Waals surface area contributed by atoms with Gasteiger partial charge in [0.2, 0.25) is 5.91 Å². The number of aromatic hydroxyl groups is 1. The number of aliphatic imine (C=N–C) groups is 1. The van der Waals surface area contributed by atoms with Crippen molar-refractivity contribution in [2.24, 2.45) is 4.99 Å². The van der Waals surface area contributed by atoms with E-state index in [-0.39, 0.29) is 22.6 Å². The molecule has 8 heteroatoms. The van der Waals surface area contributed by atoms with Crippen LogP contribution in [0.15, 0.2) is 98.8 Å². The summed E-state index contributed by atoms with van der Waals surface area (Å²) in [6, 6.07) is 23.0. The Morgan fingerprint density at radius 2 is 1.64 bits per heavy atom. The number of amides is 2. The van der Waals surface area contributed by atoms with Crippen LogP contribution in [0.2, 0.25) is 0 Å². The quantitative estimate of drug-likeness (QED) is 0.345. The van der Waals surface area contributed by atoms with E-state index in [1.165, 1.54) is 11.9 Å². The van der Waals surface area contributed by atoms with E-state index in [2.05, 4.69) is 4.99 Å². The van der Waals surface area contributed by atoms with Gasteiger partial charge in [-0.25, -0.2) is 14.8 Å². The Labute approximate surface area is 206 Å². The first kappa shape index (κ1) is 22.8. The normalized spacial score (nSPS) is 14.9. The predicted molar refractivity (Wildman–Crippen MR) is 136 cm³/mol. The highest BCUT2D eigenvalue weighted by atomic mass is 16.4. The average molecular weight is 479 g/mol. The molecule has 0 bridgehead atoms. The van der Waals surface area contributed by atoms with Gasteiger partial charge in [-0.1, -0.05) is 60.2 Å². The van der Waals surface area contributed by atoms with Gasteiger partial charge in [-0.3, -0.25) is 9.59 Å². The Morgan fingerprint density at radius 1 is 0.972 bits per heavy atom. The van der Waals surface area contributed by atoms with E-state index in [1.807, 2.05) is 31.2 Å². The first-order valence-electron chi connectivity index (χ1n) is 11.2. The number of carbonyl (C=O) groups is 2. The van der Waals surface area contributed by atoms with E-state index >= 15 is 0 Å². The summed E-state index contributed by atoms with van der Waals surface area (Å²) in [4.78, 5) is 43.6. The summed E-state index contributed by atoms with van der Waals surface area (Å²) in [6.07, 6.45) is 1.16. The van der Waals surface area contributed by atoms with Crippen LogP contribution >= 0.6 is 0 Å². The van der Waals surface area contributed by atoms with Crippen molar-refractivity contribution in [1.82, 2.24) is 5.01 Å². The smallest absolute Gasteiger partial charge is 0.347 e. The lowest BCUT2D eigenvalue weighted by atomic mass is 10.1. The number of fused-ring (bicyclic) bond motifs is 1. The summed E-state index contributed by atoms with van der Waals surface area (Å²) in [5.74, 6) is -1.34. The third-order valence-electron chi connectivity index (χ3n) is 5.72. The van der Waals surface area contributed by atoms with Crippen molar-refractivity contribution in [2.45, 2.75) is 13.8 Å².